The Morgan fingerprint density at radius 1 is 1.22 bits per heavy atom. The summed E-state index contributed by atoms with van der Waals surface area (Å²) in [6, 6.07) is 7.37. The summed E-state index contributed by atoms with van der Waals surface area (Å²) in [5.74, 6) is 0.876. The Bertz CT molecular complexity index is 689. The van der Waals surface area contributed by atoms with E-state index in [1.165, 1.54) is 0 Å². The molecule has 0 atom stereocenters. The maximum atomic E-state index is 10.1. The summed E-state index contributed by atoms with van der Waals surface area (Å²) in [6.07, 6.45) is 4.88. The van der Waals surface area contributed by atoms with E-state index >= 15 is 0 Å². The van der Waals surface area contributed by atoms with E-state index in [4.69, 9.17) is 4.74 Å². The van der Waals surface area contributed by atoms with Gasteiger partial charge >= 0.3 is 0 Å². The number of imidazole rings is 1. The van der Waals surface area contributed by atoms with E-state index in [1.54, 1.807) is 30.1 Å². The molecule has 0 aliphatic carbocycles. The van der Waals surface area contributed by atoms with E-state index in [0.29, 0.717) is 11.3 Å². The molecule has 3 aromatic rings. The summed E-state index contributed by atoms with van der Waals surface area (Å²) in [5, 5.41) is 10.1. The highest BCUT2D eigenvalue weighted by Crippen LogP contribution is 2.30. The van der Waals surface area contributed by atoms with E-state index < -0.39 is 0 Å². The zero-order valence-corrected chi connectivity index (χ0v) is 9.74. The predicted octanol–water partition coefficient (Wildman–Crippen LogP) is 2.11. The van der Waals surface area contributed by atoms with Gasteiger partial charge in [0.25, 0.3) is 0 Å². The lowest BCUT2D eigenvalue weighted by molar-refractivity contribution is 0.415. The summed E-state index contributed by atoms with van der Waals surface area (Å²) in [5.41, 5.74) is 1.98. The molecular weight excluding hydrogens is 230 g/mol. The number of ether oxygens (including phenoxy) is 1. The third-order valence-electron chi connectivity index (χ3n) is 2.77. The molecule has 5 nitrogen and oxygen atoms in total. The molecule has 0 aliphatic heterocycles. The largest absolute Gasteiger partial charge is 0.497 e. The molecule has 0 radical (unpaired) electrons. The number of hydrogen-bond donors (Lipinski definition) is 1. The van der Waals surface area contributed by atoms with Crippen molar-refractivity contribution >= 4 is 5.65 Å². The number of aromatic nitrogens is 3. The second kappa shape index (κ2) is 4.03. The van der Waals surface area contributed by atoms with Crippen LogP contribution in [-0.2, 0) is 0 Å². The second-order valence-corrected chi connectivity index (χ2v) is 3.82. The Balaban J connectivity index is 2.15. The Hall–Kier alpha value is -2.56. The van der Waals surface area contributed by atoms with Gasteiger partial charge in [-0.15, -0.1) is 0 Å². The highest BCUT2D eigenvalue weighted by atomic mass is 16.5. The van der Waals surface area contributed by atoms with Crippen molar-refractivity contribution in [1.82, 2.24) is 14.4 Å². The number of benzene rings is 1. The molecule has 0 aliphatic rings. The fraction of sp³-hybridized carbons (Fsp3) is 0.0769. The molecule has 0 spiro atoms. The normalized spacial score (nSPS) is 10.7. The molecule has 1 N–H and O–H groups in total. The van der Waals surface area contributed by atoms with Gasteiger partial charge in [0.05, 0.1) is 13.3 Å². The molecule has 18 heavy (non-hydrogen) atoms. The standard InChI is InChI=1S/C13H11N3O2/c1-18-10-4-2-9(3-5-10)12-13(17)16-7-6-14-8-11(16)15-12/h2-8,17H,1H3. The first kappa shape index (κ1) is 10.6. The Morgan fingerprint density at radius 3 is 2.67 bits per heavy atom. The van der Waals surface area contributed by atoms with Gasteiger partial charge < -0.3 is 9.84 Å². The minimum absolute atomic E-state index is 0.109. The number of methoxy groups -OCH3 is 1. The molecule has 2 aromatic heterocycles. The van der Waals surface area contributed by atoms with E-state index in [0.717, 1.165) is 11.3 Å². The number of fused-ring (bicyclic) bond motifs is 1. The van der Waals surface area contributed by atoms with Crippen molar-refractivity contribution in [3.8, 4) is 22.9 Å². The molecule has 0 bridgehead atoms. The van der Waals surface area contributed by atoms with Crippen LogP contribution in [0.15, 0.2) is 42.9 Å². The minimum Gasteiger partial charge on any atom is -0.497 e. The van der Waals surface area contributed by atoms with Crippen LogP contribution in [0.2, 0.25) is 0 Å². The third kappa shape index (κ3) is 1.57. The van der Waals surface area contributed by atoms with E-state index in [1.807, 2.05) is 24.3 Å². The Kier molecular flexibility index (Phi) is 2.37. The maximum absolute atomic E-state index is 10.1. The van der Waals surface area contributed by atoms with Crippen molar-refractivity contribution < 1.29 is 9.84 Å². The zero-order chi connectivity index (χ0) is 12.5. The molecule has 0 saturated carbocycles. The first-order valence-corrected chi connectivity index (χ1v) is 5.45. The van der Waals surface area contributed by atoms with Crippen molar-refractivity contribution in [2.24, 2.45) is 0 Å². The average Bonchev–Trinajstić information content (AvgIpc) is 2.77. The molecular formula is C13H11N3O2. The van der Waals surface area contributed by atoms with Gasteiger partial charge in [0.15, 0.2) is 5.65 Å². The molecule has 1 aromatic carbocycles. The van der Waals surface area contributed by atoms with Crippen molar-refractivity contribution in [2.45, 2.75) is 0 Å². The predicted molar refractivity (Wildman–Crippen MR) is 66.6 cm³/mol. The molecule has 0 unspecified atom stereocenters. The van der Waals surface area contributed by atoms with Crippen LogP contribution in [0, 0.1) is 0 Å². The van der Waals surface area contributed by atoms with E-state index in [9.17, 15) is 5.11 Å². The number of nitrogens with zero attached hydrogens (tertiary/aromatic N) is 3. The first-order valence-electron chi connectivity index (χ1n) is 5.45. The molecule has 0 fully saturated rings. The minimum atomic E-state index is 0.109. The highest BCUT2D eigenvalue weighted by Gasteiger charge is 2.12. The van der Waals surface area contributed by atoms with Crippen molar-refractivity contribution in [3.63, 3.8) is 0 Å². The van der Waals surface area contributed by atoms with Crippen LogP contribution < -0.4 is 4.74 Å². The van der Waals surface area contributed by atoms with Gasteiger partial charge in [0.2, 0.25) is 5.88 Å². The van der Waals surface area contributed by atoms with Crippen LogP contribution in [0.25, 0.3) is 16.9 Å². The van der Waals surface area contributed by atoms with Crippen LogP contribution in [0.5, 0.6) is 11.6 Å². The molecule has 5 heteroatoms. The van der Waals surface area contributed by atoms with Gasteiger partial charge in [0.1, 0.15) is 11.4 Å². The van der Waals surface area contributed by atoms with Gasteiger partial charge in [-0.2, -0.15) is 0 Å². The summed E-state index contributed by atoms with van der Waals surface area (Å²) < 4.78 is 6.69. The summed E-state index contributed by atoms with van der Waals surface area (Å²) in [7, 11) is 1.61. The molecule has 90 valence electrons. The van der Waals surface area contributed by atoms with Gasteiger partial charge in [-0.1, -0.05) is 0 Å². The number of hydrogen-bond acceptors (Lipinski definition) is 4. The monoisotopic (exact) mass is 241 g/mol. The van der Waals surface area contributed by atoms with Crippen LogP contribution >= 0.6 is 0 Å². The Morgan fingerprint density at radius 2 is 2.00 bits per heavy atom. The maximum Gasteiger partial charge on any atom is 0.224 e. The van der Waals surface area contributed by atoms with Crippen molar-refractivity contribution in [1.29, 1.82) is 0 Å². The number of rotatable bonds is 2. The summed E-state index contributed by atoms with van der Waals surface area (Å²) in [4.78, 5) is 8.32. The van der Waals surface area contributed by atoms with Crippen LogP contribution in [0.4, 0.5) is 0 Å². The van der Waals surface area contributed by atoms with Crippen LogP contribution in [0.3, 0.4) is 0 Å². The van der Waals surface area contributed by atoms with Gasteiger partial charge in [-0.3, -0.25) is 9.38 Å². The molecule has 0 saturated heterocycles. The van der Waals surface area contributed by atoms with Crippen LogP contribution in [0.1, 0.15) is 0 Å². The van der Waals surface area contributed by atoms with Crippen molar-refractivity contribution in [2.75, 3.05) is 7.11 Å². The first-order chi connectivity index (χ1) is 8.79. The molecule has 2 heterocycles. The van der Waals surface area contributed by atoms with E-state index in [-0.39, 0.29) is 5.88 Å². The molecule has 3 rings (SSSR count). The van der Waals surface area contributed by atoms with E-state index in [2.05, 4.69) is 9.97 Å². The number of aromatic hydroxyl groups is 1. The fourth-order valence-electron chi connectivity index (χ4n) is 1.84. The fourth-order valence-corrected chi connectivity index (χ4v) is 1.84. The van der Waals surface area contributed by atoms with Gasteiger partial charge in [-0.05, 0) is 24.3 Å². The second-order valence-electron chi connectivity index (χ2n) is 3.82. The zero-order valence-electron chi connectivity index (χ0n) is 9.74. The SMILES string of the molecule is COc1ccc(-c2nc3cnccn3c2O)cc1. The lowest BCUT2D eigenvalue weighted by Gasteiger charge is -2.01. The average molecular weight is 241 g/mol. The summed E-state index contributed by atoms with van der Waals surface area (Å²) >= 11 is 0. The highest BCUT2D eigenvalue weighted by molar-refractivity contribution is 5.69. The summed E-state index contributed by atoms with van der Waals surface area (Å²) in [6.45, 7) is 0. The lowest BCUT2D eigenvalue weighted by atomic mass is 10.1. The van der Waals surface area contributed by atoms with Crippen molar-refractivity contribution in [3.05, 3.63) is 42.9 Å². The topological polar surface area (TPSA) is 59.7 Å². The quantitative estimate of drug-likeness (QED) is 0.746. The van der Waals surface area contributed by atoms with Gasteiger partial charge in [0, 0.05) is 18.0 Å². The lowest BCUT2D eigenvalue weighted by Crippen LogP contribution is -1.83. The third-order valence-corrected chi connectivity index (χ3v) is 2.77. The Labute approximate surface area is 103 Å². The van der Waals surface area contributed by atoms with Gasteiger partial charge in [-0.25, -0.2) is 4.98 Å². The molecule has 0 amide bonds. The smallest absolute Gasteiger partial charge is 0.224 e. The van der Waals surface area contributed by atoms with Crippen LogP contribution in [-0.4, -0.2) is 26.6 Å².